The molecule has 2 saturated heterocycles. The van der Waals surface area contributed by atoms with Gasteiger partial charge in [-0.2, -0.15) is 0 Å². The van der Waals surface area contributed by atoms with E-state index in [1.807, 2.05) is 70.5 Å². The Hall–Kier alpha value is -3.87. The van der Waals surface area contributed by atoms with E-state index in [0.29, 0.717) is 50.6 Å². The molecule has 0 aliphatic carbocycles. The maximum Gasteiger partial charge on any atom is 0.415 e. The van der Waals surface area contributed by atoms with Crippen LogP contribution in [-0.4, -0.2) is 71.9 Å². The third kappa shape index (κ3) is 4.99. The van der Waals surface area contributed by atoms with E-state index in [1.165, 1.54) is 0 Å². The summed E-state index contributed by atoms with van der Waals surface area (Å²) in [5.74, 6) is 0.337. The summed E-state index contributed by atoms with van der Waals surface area (Å²) in [5, 5.41) is 1.97. The number of amides is 3. The number of ether oxygens (including phenoxy) is 1. The molecule has 3 aromatic rings. The van der Waals surface area contributed by atoms with E-state index in [-0.39, 0.29) is 17.7 Å². The van der Waals surface area contributed by atoms with E-state index >= 15 is 0 Å². The molecule has 180 valence electrons. The van der Waals surface area contributed by atoms with Crippen LogP contribution in [0, 0.1) is 5.92 Å². The first-order valence-corrected chi connectivity index (χ1v) is 12.2. The second-order valence-corrected chi connectivity index (χ2v) is 9.11. The molecule has 0 saturated carbocycles. The lowest BCUT2D eigenvalue weighted by molar-refractivity contribution is -0.138. The van der Waals surface area contributed by atoms with Crippen molar-refractivity contribution in [2.75, 3.05) is 39.3 Å². The van der Waals surface area contributed by atoms with Gasteiger partial charge in [-0.15, -0.1) is 0 Å². The number of piperidine rings is 1. The van der Waals surface area contributed by atoms with E-state index in [9.17, 15) is 14.4 Å². The SMILES string of the molecule is O=C(Oc1ccccc1)N1CCN(C(=O)C2CCCN(C(=O)c3cccc4ccccc34)C2)CC1. The summed E-state index contributed by atoms with van der Waals surface area (Å²) < 4.78 is 5.42. The van der Waals surface area contributed by atoms with Crippen LogP contribution in [-0.2, 0) is 4.79 Å². The van der Waals surface area contributed by atoms with Crippen LogP contribution in [0.2, 0.25) is 0 Å². The van der Waals surface area contributed by atoms with Crippen molar-refractivity contribution in [3.8, 4) is 5.75 Å². The van der Waals surface area contributed by atoms with Crippen molar-refractivity contribution in [2.24, 2.45) is 5.92 Å². The molecule has 2 aliphatic heterocycles. The monoisotopic (exact) mass is 471 g/mol. The lowest BCUT2D eigenvalue weighted by Crippen LogP contribution is -2.54. The highest BCUT2D eigenvalue weighted by molar-refractivity contribution is 6.07. The maximum atomic E-state index is 13.4. The van der Waals surface area contributed by atoms with Gasteiger partial charge in [-0.25, -0.2) is 4.79 Å². The zero-order valence-electron chi connectivity index (χ0n) is 19.6. The third-order valence-electron chi connectivity index (χ3n) is 6.88. The number of hydrogen-bond acceptors (Lipinski definition) is 4. The van der Waals surface area contributed by atoms with E-state index in [4.69, 9.17) is 4.74 Å². The molecular formula is C28H29N3O4. The maximum absolute atomic E-state index is 13.4. The van der Waals surface area contributed by atoms with E-state index < -0.39 is 6.09 Å². The fourth-order valence-corrected chi connectivity index (χ4v) is 4.97. The second kappa shape index (κ2) is 10.2. The summed E-state index contributed by atoms with van der Waals surface area (Å²) in [4.78, 5) is 44.4. The van der Waals surface area contributed by atoms with Crippen molar-refractivity contribution in [3.63, 3.8) is 0 Å². The van der Waals surface area contributed by atoms with Crippen LogP contribution < -0.4 is 4.74 Å². The second-order valence-electron chi connectivity index (χ2n) is 9.11. The molecule has 1 atom stereocenters. The first kappa shape index (κ1) is 22.9. The molecule has 0 spiro atoms. The van der Waals surface area contributed by atoms with Crippen LogP contribution in [0.1, 0.15) is 23.2 Å². The highest BCUT2D eigenvalue weighted by Gasteiger charge is 2.34. The summed E-state index contributed by atoms with van der Waals surface area (Å²) in [6.45, 7) is 2.89. The molecule has 1 unspecified atom stereocenters. The van der Waals surface area contributed by atoms with Crippen LogP contribution in [0.3, 0.4) is 0 Å². The van der Waals surface area contributed by atoms with Crippen molar-refractivity contribution in [1.29, 1.82) is 0 Å². The molecule has 0 aromatic heterocycles. The van der Waals surface area contributed by atoms with Crippen LogP contribution in [0.15, 0.2) is 72.8 Å². The van der Waals surface area contributed by atoms with Crippen LogP contribution >= 0.6 is 0 Å². The van der Waals surface area contributed by atoms with Gasteiger partial charge in [0, 0.05) is 44.8 Å². The van der Waals surface area contributed by atoms with Crippen molar-refractivity contribution in [1.82, 2.24) is 14.7 Å². The Morgan fingerprint density at radius 1 is 0.714 bits per heavy atom. The number of para-hydroxylation sites is 1. The number of piperazine rings is 1. The molecule has 2 aliphatic rings. The molecule has 3 amide bonds. The first-order chi connectivity index (χ1) is 17.1. The molecular weight excluding hydrogens is 442 g/mol. The highest BCUT2D eigenvalue weighted by Crippen LogP contribution is 2.25. The number of carbonyl (C=O) groups excluding carboxylic acids is 3. The molecule has 0 bridgehead atoms. The summed E-state index contributed by atoms with van der Waals surface area (Å²) in [7, 11) is 0. The molecule has 2 heterocycles. The number of nitrogens with zero attached hydrogens (tertiary/aromatic N) is 3. The molecule has 7 nitrogen and oxygen atoms in total. The highest BCUT2D eigenvalue weighted by atomic mass is 16.6. The van der Waals surface area contributed by atoms with Gasteiger partial charge in [0.15, 0.2) is 0 Å². The topological polar surface area (TPSA) is 70.2 Å². The summed E-state index contributed by atoms with van der Waals surface area (Å²) in [6, 6.07) is 22.6. The molecule has 3 aromatic carbocycles. The van der Waals surface area contributed by atoms with Crippen molar-refractivity contribution in [3.05, 3.63) is 78.4 Å². The molecule has 0 N–H and O–H groups in total. The predicted molar refractivity (Wildman–Crippen MR) is 133 cm³/mol. The van der Waals surface area contributed by atoms with E-state index in [2.05, 4.69) is 0 Å². The normalized spacial score (nSPS) is 18.4. The Bertz CT molecular complexity index is 1220. The molecule has 0 radical (unpaired) electrons. The Kier molecular flexibility index (Phi) is 6.66. The van der Waals surface area contributed by atoms with Gasteiger partial charge in [-0.3, -0.25) is 9.59 Å². The van der Waals surface area contributed by atoms with Gasteiger partial charge >= 0.3 is 6.09 Å². The molecule has 7 heteroatoms. The fraction of sp³-hybridized carbons (Fsp3) is 0.321. The predicted octanol–water partition coefficient (Wildman–Crippen LogP) is 4.04. The molecule has 35 heavy (non-hydrogen) atoms. The van der Waals surface area contributed by atoms with E-state index in [0.717, 1.165) is 23.6 Å². The Labute approximate surface area is 204 Å². The number of benzene rings is 3. The van der Waals surface area contributed by atoms with Gasteiger partial charge in [0.2, 0.25) is 5.91 Å². The average Bonchev–Trinajstić information content (AvgIpc) is 2.92. The van der Waals surface area contributed by atoms with Gasteiger partial charge in [0.05, 0.1) is 5.92 Å². The number of rotatable bonds is 3. The van der Waals surface area contributed by atoms with Crippen molar-refractivity contribution >= 4 is 28.7 Å². The Morgan fingerprint density at radius 3 is 2.20 bits per heavy atom. The van der Waals surface area contributed by atoms with Gasteiger partial charge < -0.3 is 19.4 Å². The summed E-state index contributed by atoms with van der Waals surface area (Å²) in [5.41, 5.74) is 0.682. The number of likely N-dealkylation sites (tertiary alicyclic amines) is 1. The molecule has 5 rings (SSSR count). The first-order valence-electron chi connectivity index (χ1n) is 12.2. The average molecular weight is 472 g/mol. The minimum absolute atomic E-state index is 0.0206. The molecule has 2 fully saturated rings. The summed E-state index contributed by atoms with van der Waals surface area (Å²) in [6.07, 6.45) is 1.18. The fourth-order valence-electron chi connectivity index (χ4n) is 4.97. The van der Waals surface area contributed by atoms with Crippen LogP contribution in [0.4, 0.5) is 4.79 Å². The largest absolute Gasteiger partial charge is 0.415 e. The van der Waals surface area contributed by atoms with Gasteiger partial charge in [0.1, 0.15) is 5.75 Å². The third-order valence-corrected chi connectivity index (χ3v) is 6.88. The van der Waals surface area contributed by atoms with Crippen LogP contribution in [0.25, 0.3) is 10.8 Å². The van der Waals surface area contributed by atoms with E-state index in [1.54, 1.807) is 17.0 Å². The Balaban J connectivity index is 1.18. The smallest absolute Gasteiger partial charge is 0.410 e. The lowest BCUT2D eigenvalue weighted by atomic mass is 9.95. The van der Waals surface area contributed by atoms with Gasteiger partial charge in [0.25, 0.3) is 5.91 Å². The van der Waals surface area contributed by atoms with Crippen molar-refractivity contribution < 1.29 is 19.1 Å². The quantitative estimate of drug-likeness (QED) is 0.578. The zero-order valence-corrected chi connectivity index (χ0v) is 19.6. The number of hydrogen-bond donors (Lipinski definition) is 0. The van der Waals surface area contributed by atoms with Crippen molar-refractivity contribution in [2.45, 2.75) is 12.8 Å². The van der Waals surface area contributed by atoms with Crippen LogP contribution in [0.5, 0.6) is 5.75 Å². The number of fused-ring (bicyclic) bond motifs is 1. The standard InChI is InChI=1S/C28H29N3O4/c32-26(29-16-18-30(19-17-29)28(34)35-23-11-2-1-3-12-23)22-10-7-15-31(20-22)27(33)25-14-6-9-21-8-4-5-13-24(21)25/h1-6,8-9,11-14,22H,7,10,15-20H2. The zero-order chi connectivity index (χ0) is 24.2. The lowest BCUT2D eigenvalue weighted by Gasteiger charge is -2.38. The van der Waals surface area contributed by atoms with Gasteiger partial charge in [-0.05, 0) is 41.8 Å². The minimum Gasteiger partial charge on any atom is -0.410 e. The summed E-state index contributed by atoms with van der Waals surface area (Å²) >= 11 is 0. The Morgan fingerprint density at radius 2 is 1.40 bits per heavy atom. The van der Waals surface area contributed by atoms with Gasteiger partial charge in [-0.1, -0.05) is 54.6 Å². The minimum atomic E-state index is -0.396. The number of carbonyl (C=O) groups is 3.